The molecule has 0 amide bonds. The lowest BCUT2D eigenvalue weighted by Crippen LogP contribution is -2.71. The first-order valence-corrected chi connectivity index (χ1v) is 40.1. The van der Waals surface area contributed by atoms with Gasteiger partial charge in [0.25, 0.3) is 0 Å². The Hall–Kier alpha value is -3.58. The van der Waals surface area contributed by atoms with Gasteiger partial charge in [0.1, 0.15) is 127 Å². The van der Waals surface area contributed by atoms with Gasteiger partial charge in [0.05, 0.1) is 88.4 Å². The largest absolute Gasteiger partial charge is 0.462 e. The summed E-state index contributed by atoms with van der Waals surface area (Å²) in [5, 5.41) is 213. The first-order valence-electron chi connectivity index (χ1n) is 40.1. The first-order chi connectivity index (χ1) is 53.8. The van der Waals surface area contributed by atoms with Crippen LogP contribution in [-0.2, 0) is 90.2 Å². The molecular formula is C77H124O38. The summed E-state index contributed by atoms with van der Waals surface area (Å²) in [6.07, 6.45) is -55.1. The van der Waals surface area contributed by atoms with Crippen LogP contribution in [0.15, 0.2) is 11.6 Å². The monoisotopic (exact) mass is 1660 g/mol. The highest BCUT2D eigenvalue weighted by atomic mass is 16.8. The van der Waals surface area contributed by atoms with Crippen molar-refractivity contribution in [3.63, 3.8) is 0 Å². The number of aliphatic hydroxyl groups excluding tert-OH is 19. The van der Waals surface area contributed by atoms with Crippen LogP contribution in [0.5, 0.6) is 0 Å². The van der Waals surface area contributed by atoms with E-state index in [1.807, 2.05) is 0 Å². The molecular weight excluding hydrogens is 1530 g/mol. The second-order valence-electron chi connectivity index (χ2n) is 36.0. The quantitative estimate of drug-likeness (QED) is 0.0187. The molecule has 0 aromatic carbocycles. The predicted molar refractivity (Wildman–Crippen MR) is 383 cm³/mol. The lowest BCUT2D eigenvalue weighted by molar-refractivity contribution is -0.380. The van der Waals surface area contributed by atoms with Crippen LogP contribution >= 0.6 is 0 Å². The number of aliphatic hydroxyl groups is 19. The lowest BCUT2D eigenvalue weighted by Gasteiger charge is -2.72. The smallest absolute Gasteiger partial charge is 0.317 e. The molecule has 11 aliphatic rings. The van der Waals surface area contributed by atoms with E-state index in [0.29, 0.717) is 32.1 Å². The molecule has 115 heavy (non-hydrogen) atoms. The number of esters is 4. The van der Waals surface area contributed by atoms with Crippen molar-refractivity contribution in [2.45, 2.75) is 368 Å². The molecule has 660 valence electrons. The van der Waals surface area contributed by atoms with Crippen molar-refractivity contribution >= 4 is 23.9 Å². The van der Waals surface area contributed by atoms with E-state index >= 15 is 4.79 Å². The minimum atomic E-state index is -2.15. The van der Waals surface area contributed by atoms with Gasteiger partial charge in [-0.15, -0.1) is 0 Å². The summed E-state index contributed by atoms with van der Waals surface area (Å²) in [6.45, 7) is 17.7. The molecule has 38 heteroatoms. The summed E-state index contributed by atoms with van der Waals surface area (Å²) in [5.41, 5.74) is -5.10. The van der Waals surface area contributed by atoms with Gasteiger partial charge in [0.2, 0.25) is 6.29 Å². The van der Waals surface area contributed by atoms with E-state index in [1.165, 1.54) is 41.5 Å². The molecule has 43 atom stereocenters. The fourth-order valence-corrected chi connectivity index (χ4v) is 21.0. The molecule has 6 heterocycles. The molecule has 0 aromatic heterocycles. The fraction of sp³-hybridized carbons (Fsp3) is 0.922. The zero-order chi connectivity index (χ0) is 84.7. The summed E-state index contributed by atoms with van der Waals surface area (Å²) in [5.74, 6) is -5.13. The minimum absolute atomic E-state index is 0.0111. The molecule has 0 radical (unpaired) electrons. The predicted octanol–water partition coefficient (Wildman–Crippen LogP) is -4.79. The third-order valence-corrected chi connectivity index (χ3v) is 27.5. The first kappa shape index (κ1) is 92.1. The molecule has 19 N–H and O–H groups in total. The number of carbonyl (C=O) groups is 4. The molecule has 1 unspecified atom stereocenters. The number of hydrogen-bond acceptors (Lipinski definition) is 38. The third-order valence-electron chi connectivity index (χ3n) is 27.5. The second-order valence-corrected chi connectivity index (χ2v) is 36.0. The van der Waals surface area contributed by atoms with Crippen LogP contribution in [-0.4, -0.2) is 362 Å². The van der Waals surface area contributed by atoms with Crippen LogP contribution in [0.25, 0.3) is 0 Å². The number of hydrogen-bond donors (Lipinski definition) is 19. The number of carbonyl (C=O) groups excluding carboxylic acids is 4. The highest BCUT2D eigenvalue weighted by Crippen LogP contribution is 2.76. The van der Waals surface area contributed by atoms with E-state index in [2.05, 4.69) is 40.7 Å². The van der Waals surface area contributed by atoms with Crippen LogP contribution in [0.3, 0.4) is 0 Å². The molecule has 0 spiro atoms. The topological polar surface area (TPSA) is 591 Å². The normalized spacial score (nSPS) is 50.0. The molecule has 4 saturated carbocycles. The average molecular weight is 1660 g/mol. The molecule has 38 nitrogen and oxygen atoms in total. The number of fused-ring (bicyclic) bond motifs is 7. The van der Waals surface area contributed by atoms with Crippen molar-refractivity contribution in [2.75, 3.05) is 26.4 Å². The van der Waals surface area contributed by atoms with Gasteiger partial charge < -0.3 is 168 Å². The van der Waals surface area contributed by atoms with Crippen molar-refractivity contribution in [3.05, 3.63) is 11.6 Å². The Morgan fingerprint density at radius 1 is 0.478 bits per heavy atom. The van der Waals surface area contributed by atoms with Crippen LogP contribution in [0.1, 0.15) is 154 Å². The molecule has 0 bridgehead atoms. The number of allylic oxidation sites excluding steroid dienone is 2. The zero-order valence-corrected chi connectivity index (χ0v) is 66.9. The third kappa shape index (κ3) is 17.5. The maximum atomic E-state index is 16.1. The molecule has 11 rings (SSSR count). The van der Waals surface area contributed by atoms with Crippen molar-refractivity contribution in [2.24, 2.45) is 50.2 Å². The second kappa shape index (κ2) is 35.7. The summed E-state index contributed by atoms with van der Waals surface area (Å²) in [6, 6.07) is 0. The van der Waals surface area contributed by atoms with Gasteiger partial charge in [-0.2, -0.15) is 0 Å². The summed E-state index contributed by atoms with van der Waals surface area (Å²) < 4.78 is 88.8. The van der Waals surface area contributed by atoms with Gasteiger partial charge >= 0.3 is 23.9 Å². The Kier molecular flexibility index (Phi) is 28.6. The Morgan fingerprint density at radius 2 is 1.00 bits per heavy atom. The van der Waals surface area contributed by atoms with Crippen LogP contribution < -0.4 is 0 Å². The number of ether oxygens (including phenoxy) is 15. The highest BCUT2D eigenvalue weighted by molar-refractivity contribution is 5.80. The Morgan fingerprint density at radius 3 is 1.62 bits per heavy atom. The standard InChI is InChI=1S/C77H124O38/c1-29(81)19-44(85)102-30(2)20-45(86)103-31(3)21-46(87)109-60-34(6)106-70(63(56(60)97)113-67-55(96)52(93)59(33(5)105-67)110-65-57(98)61(38(83)27-101-65)111-66-53(94)50(91)47(88)32(4)104-66)115-71(100)77-18-17-72(7,8)22-36(77)35-13-14-42-73(9)23-37(82)64(74(10,28-80)41(73)15-16-75(42,11)76(35,12)24-43(77)84)114-69-58(99)62(49(90)40(26-79)108-69)112-68-54(95)51(92)48(89)39(25-78)107-68/h13,29-34,36-43,47-70,78-84,88-99H,14-28H2,1-12H3/t29?,30-,31-,32+,33+,34-,36+,37+,38-,39-,40-,41-,42-,43-,47+,48-,49-,50-,51+,52+,53-,54-,55-,56+,57-,58-,59+,60+,61+,62+,63-,64+,65+,66+,67+,68+,69+,70+,73+,74+,75-,76-,77-/m1/s1. The zero-order valence-electron chi connectivity index (χ0n) is 66.9. The maximum Gasteiger partial charge on any atom is 0.317 e. The van der Waals surface area contributed by atoms with Crippen LogP contribution in [0.4, 0.5) is 0 Å². The number of rotatable bonds is 24. The fourth-order valence-electron chi connectivity index (χ4n) is 21.0. The molecule has 6 aliphatic heterocycles. The van der Waals surface area contributed by atoms with Gasteiger partial charge in [-0.3, -0.25) is 19.2 Å². The van der Waals surface area contributed by atoms with Crippen molar-refractivity contribution in [3.8, 4) is 0 Å². The van der Waals surface area contributed by atoms with Gasteiger partial charge in [-0.05, 0) is 132 Å². The van der Waals surface area contributed by atoms with Gasteiger partial charge in [0, 0.05) is 5.41 Å². The SMILES string of the molecule is CC(O)CC(=O)O[C@H](C)CC(=O)O[C@H](C)CC(=O)O[C@@H]1[C@H](O)[C@@H](O[C@@H]2O[C@@H](C)[C@H](O[C@@H]3OC[C@@H](O)[C@H](O[C@@H]4O[C@@H](C)[C@H](O)[C@@H](O)[C@H]4O)[C@H]3O)[C@@H](O)[C@H]2O)[C@H](OC(=O)[C@]23CCC(C)(C)C[C@H]2C2=CC[C@@H]4[C@@]5(C)C[C@H](O)[C@H](O[C@@H]6O[C@H](CO)[C@@H](O)[C@H](O[C@@H]7O[C@H](CO)[C@@H](O)[C@H](O)[C@H]7O)[C@H]6O)[C@@](C)(CO)[C@@H]5CC[C@@]4(C)[C@]2(C)C[C@H]3O)O[C@@H]1C. The van der Waals surface area contributed by atoms with E-state index in [-0.39, 0.29) is 31.6 Å². The molecule has 6 saturated heterocycles. The van der Waals surface area contributed by atoms with E-state index in [0.717, 1.165) is 5.57 Å². The van der Waals surface area contributed by atoms with E-state index in [9.17, 15) is 111 Å². The molecule has 0 aromatic rings. The summed E-state index contributed by atoms with van der Waals surface area (Å²) in [7, 11) is 0. The Bertz CT molecular complexity index is 3350. The van der Waals surface area contributed by atoms with Gasteiger partial charge in [-0.1, -0.05) is 53.2 Å². The average Bonchev–Trinajstić information content (AvgIpc) is 0.667. The van der Waals surface area contributed by atoms with Crippen molar-refractivity contribution in [1.82, 2.24) is 0 Å². The molecule has 5 aliphatic carbocycles. The Balaban J connectivity index is 0.837. The van der Waals surface area contributed by atoms with Crippen molar-refractivity contribution in [1.29, 1.82) is 0 Å². The van der Waals surface area contributed by atoms with Gasteiger partial charge in [0.15, 0.2) is 43.7 Å². The van der Waals surface area contributed by atoms with E-state index in [4.69, 9.17) is 71.1 Å². The van der Waals surface area contributed by atoms with E-state index in [1.54, 1.807) is 6.92 Å². The minimum Gasteiger partial charge on any atom is -0.462 e. The summed E-state index contributed by atoms with van der Waals surface area (Å²) >= 11 is 0. The lowest BCUT2D eigenvalue weighted by atomic mass is 9.33. The van der Waals surface area contributed by atoms with Crippen LogP contribution in [0.2, 0.25) is 0 Å². The Labute approximate surface area is 665 Å². The van der Waals surface area contributed by atoms with Crippen LogP contribution in [0, 0.1) is 50.2 Å². The molecule has 10 fully saturated rings. The summed E-state index contributed by atoms with van der Waals surface area (Å²) in [4.78, 5) is 55.2. The maximum absolute atomic E-state index is 16.1. The van der Waals surface area contributed by atoms with Crippen molar-refractivity contribution < 1.29 is 187 Å². The van der Waals surface area contributed by atoms with Gasteiger partial charge in [-0.25, -0.2) is 0 Å². The highest BCUT2D eigenvalue weighted by Gasteiger charge is 2.74. The van der Waals surface area contributed by atoms with E-state index < -0.39 is 322 Å².